The number of aromatic amines is 1. The summed E-state index contributed by atoms with van der Waals surface area (Å²) in [5.41, 5.74) is 1.49. The van der Waals surface area contributed by atoms with Crippen molar-refractivity contribution in [2.24, 2.45) is 0 Å². The fraction of sp³-hybridized carbons (Fsp3) is 0.500. The van der Waals surface area contributed by atoms with Gasteiger partial charge in [-0.2, -0.15) is 5.10 Å². The van der Waals surface area contributed by atoms with Gasteiger partial charge in [-0.1, -0.05) is 18.2 Å². The summed E-state index contributed by atoms with van der Waals surface area (Å²) in [6.07, 6.45) is 1.82. The molecular weight excluding hydrogens is 240 g/mol. The first-order valence-corrected chi connectivity index (χ1v) is 6.47. The smallest absolute Gasteiger partial charge is 0.0869 e. The number of hydrogen-bond donors (Lipinski definition) is 3. The van der Waals surface area contributed by atoms with Gasteiger partial charge in [0.15, 0.2) is 0 Å². The number of fused-ring (bicyclic) bond motifs is 1. The number of para-hydroxylation sites is 1. The van der Waals surface area contributed by atoms with Crippen molar-refractivity contribution in [3.05, 3.63) is 30.0 Å². The molecule has 0 aliphatic rings. The van der Waals surface area contributed by atoms with Crippen LogP contribution in [0.2, 0.25) is 0 Å². The van der Waals surface area contributed by atoms with E-state index < -0.39 is 5.60 Å². The molecule has 1 atom stereocenters. The highest BCUT2D eigenvalue weighted by atomic mass is 16.3. The number of hydrogen-bond acceptors (Lipinski definition) is 4. The van der Waals surface area contributed by atoms with Gasteiger partial charge in [0.25, 0.3) is 0 Å². The van der Waals surface area contributed by atoms with Gasteiger partial charge in [0.1, 0.15) is 0 Å². The Morgan fingerprint density at radius 1 is 1.42 bits per heavy atom. The summed E-state index contributed by atoms with van der Waals surface area (Å²) in [6, 6.07) is 6.12. The number of nitrogens with zero attached hydrogens (tertiary/aromatic N) is 2. The highest BCUT2D eigenvalue weighted by Gasteiger charge is 2.20. The molecule has 1 aromatic carbocycles. The number of aliphatic hydroxyl groups is 1. The van der Waals surface area contributed by atoms with E-state index in [0.717, 1.165) is 16.5 Å². The molecule has 5 heteroatoms. The molecular formula is C14H22N4O. The first-order chi connectivity index (χ1) is 8.98. The minimum atomic E-state index is -0.731. The molecule has 1 aromatic heterocycles. The molecule has 5 nitrogen and oxygen atoms in total. The molecule has 1 unspecified atom stereocenters. The van der Waals surface area contributed by atoms with Crippen molar-refractivity contribution < 1.29 is 5.11 Å². The van der Waals surface area contributed by atoms with Crippen LogP contribution in [-0.2, 0) is 6.54 Å². The quantitative estimate of drug-likeness (QED) is 0.726. The summed E-state index contributed by atoms with van der Waals surface area (Å²) >= 11 is 0. The van der Waals surface area contributed by atoms with Crippen LogP contribution in [0.25, 0.3) is 10.9 Å². The second kappa shape index (κ2) is 5.69. The highest BCUT2D eigenvalue weighted by Crippen LogP contribution is 2.15. The van der Waals surface area contributed by atoms with Crippen LogP contribution >= 0.6 is 0 Å². The number of rotatable bonds is 6. The molecule has 0 spiro atoms. The molecule has 0 amide bonds. The van der Waals surface area contributed by atoms with Gasteiger partial charge < -0.3 is 15.3 Å². The molecule has 0 radical (unpaired) electrons. The number of aromatic nitrogens is 2. The van der Waals surface area contributed by atoms with Crippen molar-refractivity contribution in [2.75, 3.05) is 27.2 Å². The van der Waals surface area contributed by atoms with Crippen molar-refractivity contribution in [3.63, 3.8) is 0 Å². The fourth-order valence-corrected chi connectivity index (χ4v) is 2.38. The predicted molar refractivity (Wildman–Crippen MR) is 77.0 cm³/mol. The van der Waals surface area contributed by atoms with E-state index in [0.29, 0.717) is 19.6 Å². The van der Waals surface area contributed by atoms with Crippen LogP contribution in [0.1, 0.15) is 12.5 Å². The predicted octanol–water partition coefficient (Wildman–Crippen LogP) is 0.965. The van der Waals surface area contributed by atoms with E-state index in [2.05, 4.69) is 21.6 Å². The highest BCUT2D eigenvalue weighted by molar-refractivity contribution is 5.81. The molecule has 0 aliphatic heterocycles. The Hall–Kier alpha value is -1.43. The number of H-pyrrole nitrogens is 1. The Morgan fingerprint density at radius 3 is 2.95 bits per heavy atom. The van der Waals surface area contributed by atoms with Crippen molar-refractivity contribution in [3.8, 4) is 0 Å². The van der Waals surface area contributed by atoms with E-state index in [1.165, 1.54) is 0 Å². The molecule has 104 valence electrons. The molecule has 0 fully saturated rings. The third-order valence-corrected chi connectivity index (χ3v) is 3.04. The van der Waals surface area contributed by atoms with Crippen LogP contribution in [0.15, 0.2) is 24.4 Å². The van der Waals surface area contributed by atoms with E-state index >= 15 is 0 Å². The molecule has 0 saturated heterocycles. The molecule has 2 rings (SSSR count). The number of benzene rings is 1. The largest absolute Gasteiger partial charge is 0.388 e. The summed E-state index contributed by atoms with van der Waals surface area (Å²) in [5, 5.41) is 21.7. The maximum atomic E-state index is 10.2. The molecule has 3 N–H and O–H groups in total. The minimum Gasteiger partial charge on any atom is -0.388 e. The Bertz CT molecular complexity index is 533. The third-order valence-electron chi connectivity index (χ3n) is 3.04. The zero-order valence-electron chi connectivity index (χ0n) is 11.8. The lowest BCUT2D eigenvalue weighted by Crippen LogP contribution is -2.45. The third kappa shape index (κ3) is 3.76. The van der Waals surface area contributed by atoms with Gasteiger partial charge in [0, 0.05) is 25.0 Å². The average molecular weight is 262 g/mol. The Kier molecular flexibility index (Phi) is 4.19. The lowest BCUT2D eigenvalue weighted by atomic mass is 10.1. The van der Waals surface area contributed by atoms with Crippen LogP contribution in [0.5, 0.6) is 0 Å². The van der Waals surface area contributed by atoms with Gasteiger partial charge in [0.2, 0.25) is 0 Å². The van der Waals surface area contributed by atoms with Crippen LogP contribution in [0.4, 0.5) is 0 Å². The number of likely N-dealkylation sites (N-methyl/N-ethyl adjacent to an activating group) is 1. The lowest BCUT2D eigenvalue weighted by molar-refractivity contribution is 0.0336. The van der Waals surface area contributed by atoms with Gasteiger partial charge in [0.05, 0.1) is 17.3 Å². The molecule has 0 bridgehead atoms. The maximum Gasteiger partial charge on any atom is 0.0869 e. The molecule has 0 aliphatic carbocycles. The summed E-state index contributed by atoms with van der Waals surface area (Å²) in [4.78, 5) is 1.98. The monoisotopic (exact) mass is 262 g/mol. The van der Waals surface area contributed by atoms with E-state index in [1.54, 1.807) is 0 Å². The molecule has 19 heavy (non-hydrogen) atoms. The second-order valence-corrected chi connectivity index (χ2v) is 5.59. The SMILES string of the molecule is CN(C)CC(C)(O)CNCc1cccc2cn[nH]c12. The average Bonchev–Trinajstić information content (AvgIpc) is 2.75. The molecule has 2 aromatic rings. The Morgan fingerprint density at radius 2 is 2.21 bits per heavy atom. The van der Waals surface area contributed by atoms with Crippen molar-refractivity contribution in [2.45, 2.75) is 19.1 Å². The van der Waals surface area contributed by atoms with Gasteiger partial charge >= 0.3 is 0 Å². The fourth-order valence-electron chi connectivity index (χ4n) is 2.38. The van der Waals surface area contributed by atoms with Crippen molar-refractivity contribution in [1.82, 2.24) is 20.4 Å². The first kappa shape index (κ1) is 14.0. The second-order valence-electron chi connectivity index (χ2n) is 5.59. The standard InChI is InChI=1S/C14H22N4O/c1-14(19,10-18(2)3)9-15-7-11-5-4-6-12-8-16-17-13(11)12/h4-6,8,15,19H,7,9-10H2,1-3H3,(H,16,17). The van der Waals surface area contributed by atoms with Crippen LogP contribution in [-0.4, -0.2) is 53.0 Å². The van der Waals surface area contributed by atoms with Crippen molar-refractivity contribution >= 4 is 10.9 Å². The molecule has 1 heterocycles. The molecule has 0 saturated carbocycles. The van der Waals surface area contributed by atoms with E-state index in [1.807, 2.05) is 44.2 Å². The van der Waals surface area contributed by atoms with E-state index in [9.17, 15) is 5.11 Å². The lowest BCUT2D eigenvalue weighted by Gasteiger charge is -2.27. The maximum absolute atomic E-state index is 10.2. The van der Waals surface area contributed by atoms with Crippen LogP contribution in [0.3, 0.4) is 0 Å². The first-order valence-electron chi connectivity index (χ1n) is 6.47. The van der Waals surface area contributed by atoms with Crippen molar-refractivity contribution in [1.29, 1.82) is 0 Å². The Balaban J connectivity index is 1.94. The normalized spacial score (nSPS) is 15.0. The van der Waals surface area contributed by atoms with E-state index in [-0.39, 0.29) is 0 Å². The van der Waals surface area contributed by atoms with Gasteiger partial charge in [-0.15, -0.1) is 0 Å². The Labute approximate surface area is 113 Å². The van der Waals surface area contributed by atoms with Crippen LogP contribution in [0, 0.1) is 0 Å². The zero-order chi connectivity index (χ0) is 13.9. The minimum absolute atomic E-state index is 0.551. The summed E-state index contributed by atoms with van der Waals surface area (Å²) < 4.78 is 0. The van der Waals surface area contributed by atoms with E-state index in [4.69, 9.17) is 0 Å². The zero-order valence-corrected chi connectivity index (χ0v) is 11.8. The summed E-state index contributed by atoms with van der Waals surface area (Å²) in [5.74, 6) is 0. The van der Waals surface area contributed by atoms with Gasteiger partial charge in [-0.3, -0.25) is 5.10 Å². The van der Waals surface area contributed by atoms with Crippen LogP contribution < -0.4 is 5.32 Å². The topological polar surface area (TPSA) is 64.2 Å². The summed E-state index contributed by atoms with van der Waals surface area (Å²) in [7, 11) is 3.92. The van der Waals surface area contributed by atoms with Gasteiger partial charge in [-0.05, 0) is 26.6 Å². The number of nitrogens with one attached hydrogen (secondary N) is 2. The summed E-state index contributed by atoms with van der Waals surface area (Å²) in [6.45, 7) is 3.74. The van der Waals surface area contributed by atoms with Gasteiger partial charge in [-0.25, -0.2) is 0 Å².